The van der Waals surface area contributed by atoms with E-state index in [9.17, 15) is 9.59 Å². The predicted molar refractivity (Wildman–Crippen MR) is 72.6 cm³/mol. The maximum Gasteiger partial charge on any atom is 0.354 e. The Hall–Kier alpha value is -1.50. The first-order valence-electron chi connectivity index (χ1n) is 6.18. The molecule has 1 aromatic rings. The molecule has 0 unspecified atom stereocenters. The molecule has 0 atom stereocenters. The van der Waals surface area contributed by atoms with Gasteiger partial charge in [-0.25, -0.2) is 9.78 Å². The summed E-state index contributed by atoms with van der Waals surface area (Å²) in [6.45, 7) is 0.554. The zero-order chi connectivity index (χ0) is 13.9. The van der Waals surface area contributed by atoms with Gasteiger partial charge in [-0.05, 0) is 19.1 Å². The van der Waals surface area contributed by atoms with Crippen molar-refractivity contribution < 1.29 is 14.7 Å². The molecule has 1 aliphatic carbocycles. The fraction of sp³-hybridized carbons (Fsp3) is 0.583. The molecular formula is C12H17N3O3S. The molecular weight excluding hydrogens is 266 g/mol. The summed E-state index contributed by atoms with van der Waals surface area (Å²) in [6.07, 6.45) is 7.80. The second kappa shape index (κ2) is 5.64. The number of aromatic amines is 1. The van der Waals surface area contributed by atoms with Gasteiger partial charge >= 0.3 is 5.97 Å². The third kappa shape index (κ3) is 2.91. The fourth-order valence-electron chi connectivity index (χ4n) is 2.43. The molecule has 1 aliphatic rings. The standard InChI is InChI=1S/C12H17N3O3S/c1-19-12(4-2-3-5-12)6-13-10(16)8-9(11(17)18)15-7-14-8/h7H,2-6H2,1H3,(H,13,16)(H,14,15)(H,17,18). The minimum atomic E-state index is -1.18. The number of nitrogens with one attached hydrogen (secondary N) is 2. The molecule has 1 saturated carbocycles. The number of carboxylic acids is 1. The molecule has 0 spiro atoms. The van der Waals surface area contributed by atoms with Crippen LogP contribution >= 0.6 is 11.8 Å². The van der Waals surface area contributed by atoms with Crippen molar-refractivity contribution in [2.45, 2.75) is 30.4 Å². The number of H-pyrrole nitrogens is 1. The molecule has 0 radical (unpaired) electrons. The summed E-state index contributed by atoms with van der Waals surface area (Å²) in [5, 5.41) is 11.7. The van der Waals surface area contributed by atoms with Gasteiger partial charge in [0.2, 0.25) is 0 Å². The first-order valence-corrected chi connectivity index (χ1v) is 7.40. The summed E-state index contributed by atoms with van der Waals surface area (Å²) in [7, 11) is 0. The van der Waals surface area contributed by atoms with E-state index in [-0.39, 0.29) is 16.1 Å². The highest BCUT2D eigenvalue weighted by molar-refractivity contribution is 8.00. The van der Waals surface area contributed by atoms with Gasteiger partial charge in [-0.15, -0.1) is 0 Å². The highest BCUT2D eigenvalue weighted by Crippen LogP contribution is 2.39. The molecule has 6 nitrogen and oxygen atoms in total. The number of carboxylic acid groups (broad SMARTS) is 1. The van der Waals surface area contributed by atoms with Crippen LogP contribution in [0.1, 0.15) is 46.7 Å². The maximum atomic E-state index is 12.0. The number of carbonyl (C=O) groups excluding carboxylic acids is 1. The smallest absolute Gasteiger partial charge is 0.354 e. The second-order valence-corrected chi connectivity index (χ2v) is 5.98. The number of carbonyl (C=O) groups is 2. The van der Waals surface area contributed by atoms with Crippen LogP contribution in [0.5, 0.6) is 0 Å². The van der Waals surface area contributed by atoms with Gasteiger partial charge < -0.3 is 15.4 Å². The van der Waals surface area contributed by atoms with Crippen LogP contribution in [0.2, 0.25) is 0 Å². The Morgan fingerprint density at radius 2 is 2.21 bits per heavy atom. The molecule has 2 rings (SSSR count). The van der Waals surface area contributed by atoms with E-state index in [2.05, 4.69) is 21.5 Å². The fourth-order valence-corrected chi connectivity index (χ4v) is 3.34. The Bertz CT molecular complexity index is 480. The predicted octanol–water partition coefficient (Wildman–Crippen LogP) is 1.51. The summed E-state index contributed by atoms with van der Waals surface area (Å²) in [4.78, 5) is 29.1. The lowest BCUT2D eigenvalue weighted by molar-refractivity contribution is 0.0685. The molecule has 7 heteroatoms. The highest BCUT2D eigenvalue weighted by atomic mass is 32.2. The van der Waals surface area contributed by atoms with Gasteiger partial charge in [0.05, 0.1) is 6.33 Å². The van der Waals surface area contributed by atoms with E-state index in [0.29, 0.717) is 6.54 Å². The molecule has 1 heterocycles. The minimum Gasteiger partial charge on any atom is -0.477 e. The first kappa shape index (κ1) is 13.9. The van der Waals surface area contributed by atoms with Crippen molar-refractivity contribution in [3.05, 3.63) is 17.7 Å². The van der Waals surface area contributed by atoms with Crippen LogP contribution in [0.25, 0.3) is 0 Å². The van der Waals surface area contributed by atoms with Crippen LogP contribution in [-0.4, -0.2) is 44.5 Å². The summed E-state index contributed by atoms with van der Waals surface area (Å²) >= 11 is 1.77. The molecule has 0 aromatic carbocycles. The van der Waals surface area contributed by atoms with Crippen molar-refractivity contribution in [2.75, 3.05) is 12.8 Å². The second-order valence-electron chi connectivity index (χ2n) is 4.71. The average molecular weight is 283 g/mol. The van der Waals surface area contributed by atoms with Gasteiger partial charge in [0.25, 0.3) is 5.91 Å². The number of aromatic nitrogens is 2. The zero-order valence-electron chi connectivity index (χ0n) is 10.7. The van der Waals surface area contributed by atoms with E-state index in [1.165, 1.54) is 19.2 Å². The third-order valence-corrected chi connectivity index (χ3v) is 5.01. The van der Waals surface area contributed by atoms with E-state index in [1.54, 1.807) is 11.8 Å². The van der Waals surface area contributed by atoms with Crippen molar-refractivity contribution in [2.24, 2.45) is 0 Å². The Balaban J connectivity index is 2.01. The molecule has 104 valence electrons. The Labute approximate surface area is 115 Å². The lowest BCUT2D eigenvalue weighted by Crippen LogP contribution is -2.39. The normalized spacial score (nSPS) is 17.3. The van der Waals surface area contributed by atoms with Crippen molar-refractivity contribution in [1.82, 2.24) is 15.3 Å². The van der Waals surface area contributed by atoms with Crippen LogP contribution in [0, 0.1) is 0 Å². The molecule has 0 aliphatic heterocycles. The number of aromatic carboxylic acids is 1. The average Bonchev–Trinajstić information content (AvgIpc) is 3.05. The molecule has 19 heavy (non-hydrogen) atoms. The van der Waals surface area contributed by atoms with Gasteiger partial charge in [0, 0.05) is 11.3 Å². The van der Waals surface area contributed by atoms with Crippen LogP contribution in [0.15, 0.2) is 6.33 Å². The number of rotatable bonds is 5. The monoisotopic (exact) mass is 283 g/mol. The highest BCUT2D eigenvalue weighted by Gasteiger charge is 2.33. The Kier molecular flexibility index (Phi) is 4.14. The van der Waals surface area contributed by atoms with Gasteiger partial charge in [0.15, 0.2) is 11.4 Å². The molecule has 0 bridgehead atoms. The third-order valence-electron chi connectivity index (χ3n) is 3.59. The van der Waals surface area contributed by atoms with Gasteiger partial charge in [0.1, 0.15) is 0 Å². The van der Waals surface area contributed by atoms with E-state index in [0.717, 1.165) is 12.8 Å². The van der Waals surface area contributed by atoms with Crippen molar-refractivity contribution >= 4 is 23.6 Å². The molecule has 1 amide bonds. The summed E-state index contributed by atoms with van der Waals surface area (Å²) < 4.78 is 0.0926. The number of amides is 1. The minimum absolute atomic E-state index is 0.0539. The lowest BCUT2D eigenvalue weighted by Gasteiger charge is -2.26. The summed E-state index contributed by atoms with van der Waals surface area (Å²) in [6, 6.07) is 0. The van der Waals surface area contributed by atoms with Crippen molar-refractivity contribution in [3.63, 3.8) is 0 Å². The summed E-state index contributed by atoms with van der Waals surface area (Å²) in [5.41, 5.74) is -0.219. The first-order chi connectivity index (χ1) is 9.08. The van der Waals surface area contributed by atoms with Crippen LogP contribution in [0.4, 0.5) is 0 Å². The number of hydrogen-bond donors (Lipinski definition) is 3. The molecule has 1 aromatic heterocycles. The van der Waals surface area contributed by atoms with Crippen LogP contribution in [0.3, 0.4) is 0 Å². The number of thioether (sulfide) groups is 1. The Morgan fingerprint density at radius 3 is 2.79 bits per heavy atom. The van der Waals surface area contributed by atoms with E-state index in [4.69, 9.17) is 5.11 Å². The van der Waals surface area contributed by atoms with Crippen molar-refractivity contribution in [1.29, 1.82) is 0 Å². The number of hydrogen-bond acceptors (Lipinski definition) is 4. The number of nitrogens with zero attached hydrogens (tertiary/aromatic N) is 1. The van der Waals surface area contributed by atoms with E-state index in [1.807, 2.05) is 0 Å². The van der Waals surface area contributed by atoms with Gasteiger partial charge in [-0.2, -0.15) is 11.8 Å². The lowest BCUT2D eigenvalue weighted by atomic mass is 10.1. The number of imidazole rings is 1. The zero-order valence-corrected chi connectivity index (χ0v) is 11.5. The Morgan fingerprint density at radius 1 is 1.53 bits per heavy atom. The molecule has 0 saturated heterocycles. The van der Waals surface area contributed by atoms with Crippen molar-refractivity contribution in [3.8, 4) is 0 Å². The van der Waals surface area contributed by atoms with Crippen LogP contribution in [-0.2, 0) is 0 Å². The molecule has 3 N–H and O–H groups in total. The van der Waals surface area contributed by atoms with E-state index < -0.39 is 11.9 Å². The largest absolute Gasteiger partial charge is 0.477 e. The quantitative estimate of drug-likeness (QED) is 0.761. The summed E-state index contributed by atoms with van der Waals surface area (Å²) in [5.74, 6) is -1.61. The topological polar surface area (TPSA) is 95.1 Å². The van der Waals surface area contributed by atoms with E-state index >= 15 is 0 Å². The van der Waals surface area contributed by atoms with Crippen LogP contribution < -0.4 is 5.32 Å². The van der Waals surface area contributed by atoms with Gasteiger partial charge in [-0.3, -0.25) is 4.79 Å². The molecule has 1 fully saturated rings. The maximum absolute atomic E-state index is 12.0. The van der Waals surface area contributed by atoms with Gasteiger partial charge in [-0.1, -0.05) is 12.8 Å². The SMILES string of the molecule is CSC1(CNC(=O)c2nc[nH]c2C(=O)O)CCCC1.